The Morgan fingerprint density at radius 3 is 2.76 bits per heavy atom. The number of hydrogen-bond donors (Lipinski definition) is 2. The highest BCUT2D eigenvalue weighted by Gasteiger charge is 2.42. The molecule has 0 spiro atoms. The van der Waals surface area contributed by atoms with Crippen LogP contribution in [0.5, 0.6) is 0 Å². The molecule has 29 heavy (non-hydrogen) atoms. The summed E-state index contributed by atoms with van der Waals surface area (Å²) in [5.41, 5.74) is 1.65. The van der Waals surface area contributed by atoms with E-state index in [4.69, 9.17) is 0 Å². The summed E-state index contributed by atoms with van der Waals surface area (Å²) in [7, 11) is 0. The average molecular weight is 414 g/mol. The smallest absolute Gasteiger partial charge is 0.315 e. The van der Waals surface area contributed by atoms with Crippen molar-refractivity contribution in [3.63, 3.8) is 0 Å². The number of hydrogen-bond acceptors (Lipinski definition) is 5. The van der Waals surface area contributed by atoms with E-state index < -0.39 is 0 Å². The van der Waals surface area contributed by atoms with Crippen LogP contribution in [0.1, 0.15) is 31.2 Å². The Balaban J connectivity index is 1.17. The zero-order chi connectivity index (χ0) is 20.2. The molecule has 0 aromatic heterocycles. The molecule has 3 aliphatic heterocycles. The number of nitrogens with one attached hydrogen (secondary N) is 2. The molecular weight excluding hydrogens is 386 g/mol. The maximum absolute atomic E-state index is 12.6. The van der Waals surface area contributed by atoms with Gasteiger partial charge in [0.1, 0.15) is 6.07 Å². The molecule has 0 radical (unpaired) electrons. The third kappa shape index (κ3) is 4.45. The van der Waals surface area contributed by atoms with Crippen molar-refractivity contribution in [3.8, 4) is 6.07 Å². The van der Waals surface area contributed by atoms with Crippen LogP contribution in [-0.4, -0.2) is 66.1 Å². The van der Waals surface area contributed by atoms with Gasteiger partial charge in [-0.25, -0.2) is 4.79 Å². The molecule has 3 fully saturated rings. The summed E-state index contributed by atoms with van der Waals surface area (Å²) in [5.74, 6) is 1.21. The Bertz CT molecular complexity index is 803. The van der Waals surface area contributed by atoms with Crippen molar-refractivity contribution >= 4 is 29.4 Å². The second kappa shape index (κ2) is 8.95. The number of unbranched alkanes of at least 4 members (excludes halogenated alkanes) is 1. The number of urea groups is 1. The highest BCUT2D eigenvalue weighted by molar-refractivity contribution is 8.00. The fourth-order valence-corrected chi connectivity index (χ4v) is 6.01. The van der Waals surface area contributed by atoms with Crippen LogP contribution < -0.4 is 15.5 Å². The lowest BCUT2D eigenvalue weighted by Crippen LogP contribution is -2.49. The fourth-order valence-electron chi connectivity index (χ4n) is 4.46. The Morgan fingerprint density at radius 2 is 1.97 bits per heavy atom. The van der Waals surface area contributed by atoms with E-state index in [9.17, 15) is 14.9 Å². The predicted molar refractivity (Wildman–Crippen MR) is 114 cm³/mol. The average Bonchev–Trinajstić information content (AvgIpc) is 3.30. The zero-order valence-corrected chi connectivity index (χ0v) is 17.3. The molecule has 8 heteroatoms. The monoisotopic (exact) mass is 413 g/mol. The van der Waals surface area contributed by atoms with E-state index in [0.29, 0.717) is 30.3 Å². The number of amides is 3. The van der Waals surface area contributed by atoms with Crippen LogP contribution in [0.15, 0.2) is 24.3 Å². The second-order valence-electron chi connectivity index (χ2n) is 7.86. The van der Waals surface area contributed by atoms with Crippen molar-refractivity contribution in [2.75, 3.05) is 36.8 Å². The Labute approximate surface area is 175 Å². The van der Waals surface area contributed by atoms with Crippen LogP contribution in [0, 0.1) is 11.3 Å². The van der Waals surface area contributed by atoms with Crippen molar-refractivity contribution in [1.82, 2.24) is 15.5 Å². The van der Waals surface area contributed by atoms with Crippen LogP contribution in [0.3, 0.4) is 0 Å². The molecular formula is C21H27N5O2S. The van der Waals surface area contributed by atoms with Gasteiger partial charge in [-0.05, 0) is 25.0 Å². The molecule has 154 valence electrons. The molecule has 0 saturated carbocycles. The van der Waals surface area contributed by atoms with Gasteiger partial charge in [-0.2, -0.15) is 17.0 Å². The lowest BCUT2D eigenvalue weighted by Gasteiger charge is -2.36. The van der Waals surface area contributed by atoms with Gasteiger partial charge in [-0.1, -0.05) is 18.6 Å². The summed E-state index contributed by atoms with van der Waals surface area (Å²) in [6.45, 7) is 2.94. The van der Waals surface area contributed by atoms with Crippen molar-refractivity contribution in [2.24, 2.45) is 0 Å². The van der Waals surface area contributed by atoms with Gasteiger partial charge >= 0.3 is 6.03 Å². The fraction of sp³-hybridized carbons (Fsp3) is 0.571. The van der Waals surface area contributed by atoms with E-state index in [1.165, 1.54) is 0 Å². The first kappa shape index (κ1) is 19.9. The van der Waals surface area contributed by atoms with E-state index in [1.807, 2.05) is 40.9 Å². The van der Waals surface area contributed by atoms with Gasteiger partial charge in [0.2, 0.25) is 5.91 Å². The molecule has 1 aromatic rings. The largest absolute Gasteiger partial charge is 0.367 e. The Morgan fingerprint density at radius 1 is 1.17 bits per heavy atom. The molecule has 0 aliphatic carbocycles. The number of benzene rings is 1. The molecule has 0 bridgehead atoms. The summed E-state index contributed by atoms with van der Waals surface area (Å²) >= 11 is 1.92. The van der Waals surface area contributed by atoms with E-state index >= 15 is 0 Å². The molecule has 7 nitrogen and oxygen atoms in total. The summed E-state index contributed by atoms with van der Waals surface area (Å²) < 4.78 is 0. The first-order chi connectivity index (χ1) is 14.2. The minimum absolute atomic E-state index is 0.0444. The number of carbonyl (C=O) groups is 2. The first-order valence-electron chi connectivity index (χ1n) is 10.4. The molecule has 1 aromatic carbocycles. The molecule has 3 heterocycles. The molecule has 4 rings (SSSR count). The number of piperazine rings is 1. The van der Waals surface area contributed by atoms with Crippen LogP contribution in [-0.2, 0) is 4.79 Å². The lowest BCUT2D eigenvalue weighted by molar-refractivity contribution is -0.131. The van der Waals surface area contributed by atoms with Gasteiger partial charge in [-0.15, -0.1) is 0 Å². The van der Waals surface area contributed by atoms with Crippen LogP contribution in [0.2, 0.25) is 0 Å². The van der Waals surface area contributed by atoms with E-state index in [1.54, 1.807) is 0 Å². The number of rotatable bonds is 6. The van der Waals surface area contributed by atoms with E-state index in [-0.39, 0.29) is 24.0 Å². The third-order valence-corrected chi connectivity index (χ3v) is 7.57. The predicted octanol–water partition coefficient (Wildman–Crippen LogP) is 1.93. The number of nitrogens with zero attached hydrogens (tertiary/aromatic N) is 3. The molecule has 3 saturated heterocycles. The van der Waals surface area contributed by atoms with Gasteiger partial charge in [0.15, 0.2) is 0 Å². The topological polar surface area (TPSA) is 88.5 Å². The molecule has 3 atom stereocenters. The maximum atomic E-state index is 12.6. The molecule has 0 unspecified atom stereocenters. The summed E-state index contributed by atoms with van der Waals surface area (Å²) in [5, 5.41) is 15.7. The standard InChI is InChI=1S/C21H27N5O2S/c22-13-15-5-1-2-6-17(15)25-9-11-26(12-10-25)19(27)8-4-3-7-18-20-16(14-29-18)23-21(28)24-20/h1-2,5-6,16,18,20H,3-4,7-12,14H2,(H2,23,24,28)/t16-,18-,20-/m0/s1. The number of para-hydroxylation sites is 1. The second-order valence-corrected chi connectivity index (χ2v) is 9.14. The molecule has 3 amide bonds. The van der Waals surface area contributed by atoms with Crippen molar-refractivity contribution in [2.45, 2.75) is 43.0 Å². The van der Waals surface area contributed by atoms with E-state index in [0.717, 1.165) is 43.8 Å². The van der Waals surface area contributed by atoms with Gasteiger partial charge in [0.25, 0.3) is 0 Å². The highest BCUT2D eigenvalue weighted by Crippen LogP contribution is 2.33. The lowest BCUT2D eigenvalue weighted by atomic mass is 10.0. The van der Waals surface area contributed by atoms with E-state index in [2.05, 4.69) is 21.6 Å². The summed E-state index contributed by atoms with van der Waals surface area (Å²) in [6.07, 6.45) is 3.54. The maximum Gasteiger partial charge on any atom is 0.315 e. The number of carbonyl (C=O) groups excluding carboxylic acids is 2. The number of thioether (sulfide) groups is 1. The third-order valence-electron chi connectivity index (χ3n) is 6.06. The minimum atomic E-state index is -0.0444. The summed E-state index contributed by atoms with van der Waals surface area (Å²) in [6, 6.07) is 10.4. The Hall–Kier alpha value is -2.40. The number of nitriles is 1. The van der Waals surface area contributed by atoms with Gasteiger partial charge < -0.3 is 20.4 Å². The van der Waals surface area contributed by atoms with Crippen molar-refractivity contribution in [1.29, 1.82) is 5.26 Å². The number of fused-ring (bicyclic) bond motifs is 1. The van der Waals surface area contributed by atoms with Gasteiger partial charge in [-0.3, -0.25) is 4.79 Å². The summed E-state index contributed by atoms with van der Waals surface area (Å²) in [4.78, 5) is 28.2. The SMILES string of the molecule is N#Cc1ccccc1N1CCN(C(=O)CCCC[C@@H]2SC[C@@H]3NC(=O)N[C@@H]32)CC1. The quantitative estimate of drug-likeness (QED) is 0.550. The van der Waals surface area contributed by atoms with Gasteiger partial charge in [0, 0.05) is 43.6 Å². The van der Waals surface area contributed by atoms with Crippen molar-refractivity contribution in [3.05, 3.63) is 29.8 Å². The minimum Gasteiger partial charge on any atom is -0.367 e. The van der Waals surface area contributed by atoms with Crippen LogP contribution >= 0.6 is 11.8 Å². The Kier molecular flexibility index (Phi) is 6.14. The van der Waals surface area contributed by atoms with Gasteiger partial charge in [0.05, 0.1) is 23.3 Å². The van der Waals surface area contributed by atoms with Crippen LogP contribution in [0.4, 0.5) is 10.5 Å². The molecule has 2 N–H and O–H groups in total. The normalized spacial score (nSPS) is 25.9. The highest BCUT2D eigenvalue weighted by atomic mass is 32.2. The number of anilines is 1. The van der Waals surface area contributed by atoms with Crippen molar-refractivity contribution < 1.29 is 9.59 Å². The van der Waals surface area contributed by atoms with Crippen LogP contribution in [0.25, 0.3) is 0 Å². The first-order valence-corrected chi connectivity index (χ1v) is 11.4. The zero-order valence-electron chi connectivity index (χ0n) is 16.5. The molecule has 3 aliphatic rings.